The van der Waals surface area contributed by atoms with Crippen molar-refractivity contribution in [2.45, 2.75) is 45.8 Å². The Morgan fingerprint density at radius 3 is 2.82 bits per heavy atom. The van der Waals surface area contributed by atoms with E-state index in [9.17, 15) is 0 Å². The summed E-state index contributed by atoms with van der Waals surface area (Å²) >= 11 is 0. The average molecular weight is 306 g/mol. The Kier molecular flexibility index (Phi) is 4.01. The van der Waals surface area contributed by atoms with E-state index >= 15 is 0 Å². The lowest BCUT2D eigenvalue weighted by atomic mass is 9.94. The molecule has 1 fully saturated rings. The van der Waals surface area contributed by atoms with Gasteiger partial charge in [-0.05, 0) is 0 Å². The summed E-state index contributed by atoms with van der Waals surface area (Å²) in [6.45, 7) is 10.9. The molecule has 1 aliphatic heterocycles. The topological polar surface area (TPSA) is 77.4 Å². The maximum absolute atomic E-state index is 5.85. The number of aromatic nitrogens is 3. The van der Waals surface area contributed by atoms with Crippen LogP contribution < -0.4 is 0 Å². The molecule has 0 amide bonds. The minimum absolute atomic E-state index is 0.0268. The Hall–Kier alpha value is -1.73. The van der Waals surface area contributed by atoms with Crippen molar-refractivity contribution in [3.05, 3.63) is 29.6 Å². The van der Waals surface area contributed by atoms with Crippen molar-refractivity contribution in [2.75, 3.05) is 19.7 Å². The second-order valence-corrected chi connectivity index (χ2v) is 6.63. The molecule has 1 aliphatic rings. The third-order valence-electron chi connectivity index (χ3n) is 3.63. The van der Waals surface area contributed by atoms with Crippen molar-refractivity contribution < 1.29 is 13.7 Å². The maximum atomic E-state index is 5.85. The normalized spacial score (nSPS) is 20.5. The van der Waals surface area contributed by atoms with Crippen LogP contribution in [0.4, 0.5) is 0 Å². The fourth-order valence-electron chi connectivity index (χ4n) is 2.37. The average Bonchev–Trinajstić information content (AvgIpc) is 3.08. The van der Waals surface area contributed by atoms with Crippen LogP contribution in [0.3, 0.4) is 0 Å². The van der Waals surface area contributed by atoms with Gasteiger partial charge in [0.2, 0.25) is 17.6 Å². The number of ether oxygens (including phenoxy) is 1. The van der Waals surface area contributed by atoms with Crippen molar-refractivity contribution >= 4 is 0 Å². The van der Waals surface area contributed by atoms with E-state index in [4.69, 9.17) is 13.7 Å². The molecule has 7 heteroatoms. The van der Waals surface area contributed by atoms with Crippen LogP contribution >= 0.6 is 0 Å². The number of hydrogen-bond donors (Lipinski definition) is 0. The highest BCUT2D eigenvalue weighted by Crippen LogP contribution is 2.24. The predicted molar refractivity (Wildman–Crippen MR) is 78.2 cm³/mol. The van der Waals surface area contributed by atoms with Crippen molar-refractivity contribution in [2.24, 2.45) is 0 Å². The van der Waals surface area contributed by atoms with Gasteiger partial charge in [0.05, 0.1) is 19.3 Å². The van der Waals surface area contributed by atoms with E-state index in [1.807, 2.05) is 6.20 Å². The molecule has 3 rings (SSSR count). The number of oxazole rings is 1. The highest BCUT2D eigenvalue weighted by Gasteiger charge is 2.27. The molecule has 0 aliphatic carbocycles. The molecule has 1 saturated heterocycles. The molecule has 0 radical (unpaired) electrons. The zero-order chi connectivity index (χ0) is 15.7. The molecule has 3 heterocycles. The maximum Gasteiger partial charge on any atom is 0.223 e. The Bertz CT molecular complexity index is 629. The molecule has 120 valence electrons. The van der Waals surface area contributed by atoms with Crippen LogP contribution in [0.2, 0.25) is 0 Å². The summed E-state index contributed by atoms with van der Waals surface area (Å²) in [6.07, 6.45) is 1.65. The first-order chi connectivity index (χ1) is 10.4. The van der Waals surface area contributed by atoms with Crippen molar-refractivity contribution in [1.82, 2.24) is 20.0 Å². The molecule has 1 atom stereocenters. The first-order valence-electron chi connectivity index (χ1n) is 7.51. The van der Waals surface area contributed by atoms with Crippen molar-refractivity contribution in [3.8, 4) is 0 Å². The monoisotopic (exact) mass is 306 g/mol. The number of morpholine rings is 1. The van der Waals surface area contributed by atoms with E-state index in [0.717, 1.165) is 18.2 Å². The summed E-state index contributed by atoms with van der Waals surface area (Å²) in [4.78, 5) is 10.9. The second-order valence-electron chi connectivity index (χ2n) is 6.63. The third kappa shape index (κ3) is 3.36. The third-order valence-corrected chi connectivity index (χ3v) is 3.63. The molecular weight excluding hydrogens is 284 g/mol. The summed E-state index contributed by atoms with van der Waals surface area (Å²) in [5, 5.41) is 3.94. The number of aryl methyl sites for hydroxylation is 1. The molecule has 0 spiro atoms. The first kappa shape index (κ1) is 15.2. The lowest BCUT2D eigenvalue weighted by molar-refractivity contribution is -0.0403. The fourth-order valence-corrected chi connectivity index (χ4v) is 2.37. The minimum Gasteiger partial charge on any atom is -0.444 e. The van der Waals surface area contributed by atoms with Crippen molar-refractivity contribution in [3.63, 3.8) is 0 Å². The molecule has 0 N–H and O–H groups in total. The summed E-state index contributed by atoms with van der Waals surface area (Å²) in [5.41, 5.74) is -0.0268. The van der Waals surface area contributed by atoms with E-state index in [-0.39, 0.29) is 11.5 Å². The predicted octanol–water partition coefficient (Wildman–Crippen LogP) is 2.24. The van der Waals surface area contributed by atoms with Gasteiger partial charge in [0.15, 0.2) is 0 Å². The molecule has 7 nitrogen and oxygen atoms in total. The standard InChI is InChI=1S/C15H22N4O3/c1-10-17-14(18-22-10)11-8-19(5-6-20-11)9-13-16-7-12(21-13)15(2,3)4/h7,11H,5-6,8-9H2,1-4H3. The molecule has 1 unspecified atom stereocenters. The van der Waals surface area contributed by atoms with Gasteiger partial charge in [-0.15, -0.1) is 0 Å². The number of rotatable bonds is 3. The van der Waals surface area contributed by atoms with Crippen LogP contribution in [0.1, 0.15) is 50.2 Å². The zero-order valence-electron chi connectivity index (χ0n) is 13.5. The van der Waals surface area contributed by atoms with Crippen LogP contribution in [-0.4, -0.2) is 39.7 Å². The van der Waals surface area contributed by atoms with Crippen LogP contribution in [0, 0.1) is 6.92 Å². The van der Waals surface area contributed by atoms with Gasteiger partial charge in [0, 0.05) is 25.4 Å². The lowest BCUT2D eigenvalue weighted by Crippen LogP contribution is -2.38. The Labute approximate surface area is 129 Å². The highest BCUT2D eigenvalue weighted by molar-refractivity contribution is 5.06. The van der Waals surface area contributed by atoms with Crippen molar-refractivity contribution in [1.29, 1.82) is 0 Å². The number of nitrogens with zero attached hydrogens (tertiary/aromatic N) is 4. The molecule has 0 saturated carbocycles. The van der Waals surface area contributed by atoms with Crippen LogP contribution in [-0.2, 0) is 16.7 Å². The highest BCUT2D eigenvalue weighted by atomic mass is 16.5. The molecule has 2 aromatic heterocycles. The molecular formula is C15H22N4O3. The van der Waals surface area contributed by atoms with Gasteiger partial charge in [-0.25, -0.2) is 4.98 Å². The van der Waals surface area contributed by atoms with Gasteiger partial charge in [-0.1, -0.05) is 25.9 Å². The molecule has 0 bridgehead atoms. The largest absolute Gasteiger partial charge is 0.444 e. The zero-order valence-corrected chi connectivity index (χ0v) is 13.5. The quantitative estimate of drug-likeness (QED) is 0.860. The van der Waals surface area contributed by atoms with Gasteiger partial charge in [-0.3, -0.25) is 4.90 Å². The Balaban J connectivity index is 1.64. The summed E-state index contributed by atoms with van der Waals surface area (Å²) in [5.74, 6) is 2.79. The summed E-state index contributed by atoms with van der Waals surface area (Å²) in [6, 6.07) is 0. The van der Waals surface area contributed by atoms with Gasteiger partial charge >= 0.3 is 0 Å². The fraction of sp³-hybridized carbons (Fsp3) is 0.667. The molecule has 22 heavy (non-hydrogen) atoms. The van der Waals surface area contributed by atoms with Crippen LogP contribution in [0.15, 0.2) is 15.1 Å². The van der Waals surface area contributed by atoms with Crippen LogP contribution in [0.5, 0.6) is 0 Å². The second kappa shape index (κ2) is 5.81. The molecule has 0 aromatic carbocycles. The van der Waals surface area contributed by atoms with E-state index in [0.29, 0.717) is 31.4 Å². The van der Waals surface area contributed by atoms with E-state index < -0.39 is 0 Å². The van der Waals surface area contributed by atoms with Gasteiger partial charge in [-0.2, -0.15) is 4.98 Å². The Morgan fingerprint density at radius 1 is 1.36 bits per heavy atom. The van der Waals surface area contributed by atoms with Gasteiger partial charge in [0.1, 0.15) is 11.9 Å². The molecule has 2 aromatic rings. The van der Waals surface area contributed by atoms with E-state index in [1.54, 1.807) is 6.92 Å². The van der Waals surface area contributed by atoms with E-state index in [1.165, 1.54) is 0 Å². The SMILES string of the molecule is Cc1nc(C2CN(Cc3ncc(C(C)(C)C)o3)CCO2)no1. The first-order valence-corrected chi connectivity index (χ1v) is 7.51. The lowest BCUT2D eigenvalue weighted by Gasteiger charge is -2.30. The smallest absolute Gasteiger partial charge is 0.223 e. The number of hydrogen-bond acceptors (Lipinski definition) is 7. The van der Waals surface area contributed by atoms with Gasteiger partial charge in [0.25, 0.3) is 0 Å². The summed E-state index contributed by atoms with van der Waals surface area (Å²) in [7, 11) is 0. The summed E-state index contributed by atoms with van der Waals surface area (Å²) < 4.78 is 16.6. The van der Waals surface area contributed by atoms with Crippen LogP contribution in [0.25, 0.3) is 0 Å². The van der Waals surface area contributed by atoms with E-state index in [2.05, 4.69) is 40.8 Å². The Morgan fingerprint density at radius 2 is 2.18 bits per heavy atom. The minimum atomic E-state index is -0.164. The van der Waals surface area contributed by atoms with Gasteiger partial charge < -0.3 is 13.7 Å².